The lowest BCUT2D eigenvalue weighted by atomic mass is 9.96. The van der Waals surface area contributed by atoms with E-state index in [1.807, 2.05) is 27.7 Å². The molecule has 1 saturated heterocycles. The molecule has 0 saturated carbocycles. The Hall–Kier alpha value is -0.870. The summed E-state index contributed by atoms with van der Waals surface area (Å²) in [5.74, 6) is -0.382. The summed E-state index contributed by atoms with van der Waals surface area (Å²) in [5, 5.41) is 10.1. The van der Waals surface area contributed by atoms with E-state index in [-0.39, 0.29) is 24.1 Å². The van der Waals surface area contributed by atoms with Crippen LogP contribution >= 0.6 is 0 Å². The minimum Gasteiger partial charge on any atom is -0.460 e. The van der Waals surface area contributed by atoms with E-state index in [1.54, 1.807) is 0 Å². The molecule has 0 amide bonds. The summed E-state index contributed by atoms with van der Waals surface area (Å²) in [6.45, 7) is 11.5. The zero-order chi connectivity index (χ0) is 15.6. The zero-order valence-electron chi connectivity index (χ0n) is 13.5. The third-order valence-electron chi connectivity index (χ3n) is 3.28. The molecule has 20 heavy (non-hydrogen) atoms. The van der Waals surface area contributed by atoms with Gasteiger partial charge in [0, 0.05) is 0 Å². The van der Waals surface area contributed by atoms with Crippen molar-refractivity contribution in [3.8, 4) is 0 Å². The molecular formula is C16H28O4. The highest BCUT2D eigenvalue weighted by atomic mass is 16.6. The molecule has 4 nitrogen and oxygen atoms in total. The van der Waals surface area contributed by atoms with Crippen LogP contribution in [-0.4, -0.2) is 34.5 Å². The van der Waals surface area contributed by atoms with E-state index in [2.05, 4.69) is 19.9 Å². The van der Waals surface area contributed by atoms with E-state index < -0.39 is 11.7 Å². The van der Waals surface area contributed by atoms with Crippen molar-refractivity contribution in [3.05, 3.63) is 11.6 Å². The van der Waals surface area contributed by atoms with Crippen molar-refractivity contribution >= 4 is 5.97 Å². The minimum absolute atomic E-state index is 0.0137. The number of ether oxygens (including phenoxy) is 2. The van der Waals surface area contributed by atoms with Crippen LogP contribution < -0.4 is 0 Å². The first-order chi connectivity index (χ1) is 9.03. The smallest absolute Gasteiger partial charge is 0.309 e. The summed E-state index contributed by atoms with van der Waals surface area (Å²) < 4.78 is 10.8. The first-order valence-electron chi connectivity index (χ1n) is 7.24. The van der Waals surface area contributed by atoms with Crippen molar-refractivity contribution in [2.45, 2.75) is 84.2 Å². The van der Waals surface area contributed by atoms with E-state index >= 15 is 0 Å². The molecule has 1 fully saturated rings. The van der Waals surface area contributed by atoms with Gasteiger partial charge in [0.2, 0.25) is 0 Å². The highest BCUT2D eigenvalue weighted by Crippen LogP contribution is 2.43. The van der Waals surface area contributed by atoms with Crippen LogP contribution in [0.1, 0.15) is 60.8 Å². The van der Waals surface area contributed by atoms with Crippen molar-refractivity contribution in [3.63, 3.8) is 0 Å². The number of esters is 1. The monoisotopic (exact) mass is 284 g/mol. The topological polar surface area (TPSA) is 59.1 Å². The maximum atomic E-state index is 11.7. The molecule has 0 spiro atoms. The van der Waals surface area contributed by atoms with Crippen LogP contribution in [0.2, 0.25) is 0 Å². The first kappa shape index (κ1) is 17.2. The molecule has 0 bridgehead atoms. The normalized spacial score (nSPS) is 26.9. The van der Waals surface area contributed by atoms with Crippen molar-refractivity contribution in [1.82, 2.24) is 0 Å². The average molecular weight is 284 g/mol. The van der Waals surface area contributed by atoms with Gasteiger partial charge in [0.15, 0.2) is 0 Å². The Kier molecular flexibility index (Phi) is 5.39. The number of aliphatic hydroxyl groups excluding tert-OH is 1. The molecule has 0 aliphatic carbocycles. The first-order valence-corrected chi connectivity index (χ1v) is 7.24. The lowest BCUT2D eigenvalue weighted by molar-refractivity contribution is -0.157. The van der Waals surface area contributed by atoms with Crippen molar-refractivity contribution in [1.29, 1.82) is 0 Å². The van der Waals surface area contributed by atoms with Crippen molar-refractivity contribution in [2.75, 3.05) is 0 Å². The Morgan fingerprint density at radius 2 is 2.05 bits per heavy atom. The lowest BCUT2D eigenvalue weighted by Crippen LogP contribution is -2.30. The van der Waals surface area contributed by atoms with Gasteiger partial charge < -0.3 is 14.6 Å². The summed E-state index contributed by atoms with van der Waals surface area (Å²) in [6, 6.07) is 0. The maximum absolute atomic E-state index is 11.7. The molecule has 0 unspecified atom stereocenters. The van der Waals surface area contributed by atoms with Crippen LogP contribution in [0.3, 0.4) is 0 Å². The van der Waals surface area contributed by atoms with Gasteiger partial charge in [0.1, 0.15) is 11.7 Å². The van der Waals surface area contributed by atoms with Gasteiger partial charge in [-0.15, -0.1) is 0 Å². The van der Waals surface area contributed by atoms with Gasteiger partial charge in [0.25, 0.3) is 0 Å². The van der Waals surface area contributed by atoms with Gasteiger partial charge >= 0.3 is 5.97 Å². The molecule has 1 aliphatic heterocycles. The molecule has 0 aromatic rings. The predicted octanol–water partition coefficient (Wildman–Crippen LogP) is 2.98. The fourth-order valence-electron chi connectivity index (χ4n) is 2.25. The number of allylic oxidation sites excluding steroid dienone is 2. The molecule has 116 valence electrons. The second-order valence-corrected chi connectivity index (χ2v) is 7.03. The Labute approximate surface area is 122 Å². The van der Waals surface area contributed by atoms with E-state index in [9.17, 15) is 9.90 Å². The Balaban J connectivity index is 2.37. The van der Waals surface area contributed by atoms with Crippen LogP contribution in [0.25, 0.3) is 0 Å². The van der Waals surface area contributed by atoms with Gasteiger partial charge in [-0.2, -0.15) is 0 Å². The van der Waals surface area contributed by atoms with Crippen LogP contribution in [0.4, 0.5) is 0 Å². The molecule has 0 aromatic carbocycles. The van der Waals surface area contributed by atoms with Crippen LogP contribution in [0.5, 0.6) is 0 Å². The molecule has 4 heteroatoms. The largest absolute Gasteiger partial charge is 0.460 e. The summed E-state index contributed by atoms with van der Waals surface area (Å²) in [5.41, 5.74) is 0.446. The van der Waals surface area contributed by atoms with E-state index in [4.69, 9.17) is 9.47 Å². The summed E-state index contributed by atoms with van der Waals surface area (Å²) >= 11 is 0. The summed E-state index contributed by atoms with van der Waals surface area (Å²) in [4.78, 5) is 11.7. The number of carbonyl (C=O) groups excluding carboxylic acids is 1. The molecule has 1 heterocycles. The van der Waals surface area contributed by atoms with E-state index in [0.717, 1.165) is 12.8 Å². The average Bonchev–Trinajstić information content (AvgIpc) is 2.87. The molecule has 3 atom stereocenters. The van der Waals surface area contributed by atoms with E-state index in [0.29, 0.717) is 0 Å². The molecule has 1 rings (SSSR count). The third-order valence-corrected chi connectivity index (χ3v) is 3.28. The number of hydrogen-bond acceptors (Lipinski definition) is 4. The third kappa shape index (κ3) is 5.63. The molecule has 0 radical (unpaired) electrons. The van der Waals surface area contributed by atoms with Gasteiger partial charge in [-0.25, -0.2) is 0 Å². The van der Waals surface area contributed by atoms with Gasteiger partial charge in [0.05, 0.1) is 18.1 Å². The van der Waals surface area contributed by atoms with Gasteiger partial charge in [-0.3, -0.25) is 4.79 Å². The van der Waals surface area contributed by atoms with Crippen molar-refractivity contribution in [2.24, 2.45) is 0 Å². The quantitative estimate of drug-likeness (QED) is 0.463. The Morgan fingerprint density at radius 1 is 1.45 bits per heavy atom. The summed E-state index contributed by atoms with van der Waals surface area (Å²) in [7, 11) is 0. The second kappa shape index (κ2) is 6.27. The number of hydrogen-bond donors (Lipinski definition) is 1. The maximum Gasteiger partial charge on any atom is 0.309 e. The SMILES string of the molecule is CC(C)=CCC[C@@]1(C)O[C@H]1[C@@H](O)CC(=O)OC(C)(C)C. The minimum atomic E-state index is -0.790. The zero-order valence-corrected chi connectivity index (χ0v) is 13.5. The molecular weight excluding hydrogens is 256 g/mol. The van der Waals surface area contributed by atoms with Crippen LogP contribution in [0.15, 0.2) is 11.6 Å². The molecule has 1 N–H and O–H groups in total. The highest BCUT2D eigenvalue weighted by Gasteiger charge is 2.55. The van der Waals surface area contributed by atoms with Crippen LogP contribution in [0, 0.1) is 0 Å². The number of aliphatic hydroxyl groups is 1. The second-order valence-electron chi connectivity index (χ2n) is 7.03. The Bertz CT molecular complexity index is 376. The Morgan fingerprint density at radius 3 is 2.55 bits per heavy atom. The molecule has 0 aromatic heterocycles. The summed E-state index contributed by atoms with van der Waals surface area (Å²) in [6.07, 6.45) is 2.87. The van der Waals surface area contributed by atoms with Crippen molar-refractivity contribution < 1.29 is 19.4 Å². The number of carbonyl (C=O) groups is 1. The number of rotatable bonds is 6. The standard InChI is InChI=1S/C16H28O4/c1-11(2)8-7-9-16(6)14(20-16)12(17)10-13(18)19-15(3,4)5/h8,12,14,17H,7,9-10H2,1-6H3/t12-,14-,16+/m0/s1. The lowest BCUT2D eigenvalue weighted by Gasteiger charge is -2.20. The fourth-order valence-corrected chi connectivity index (χ4v) is 2.25. The van der Waals surface area contributed by atoms with E-state index in [1.165, 1.54) is 5.57 Å². The predicted molar refractivity (Wildman–Crippen MR) is 78.4 cm³/mol. The van der Waals surface area contributed by atoms with Gasteiger partial charge in [-0.1, -0.05) is 11.6 Å². The van der Waals surface area contributed by atoms with Gasteiger partial charge in [-0.05, 0) is 54.4 Å². The number of epoxide rings is 1. The van der Waals surface area contributed by atoms with Crippen LogP contribution in [-0.2, 0) is 14.3 Å². The highest BCUT2D eigenvalue weighted by molar-refractivity contribution is 5.70. The fraction of sp³-hybridized carbons (Fsp3) is 0.812. The molecule has 1 aliphatic rings.